The summed E-state index contributed by atoms with van der Waals surface area (Å²) in [4.78, 5) is 25.4. The van der Waals surface area contributed by atoms with Crippen LogP contribution in [0.4, 0.5) is 4.39 Å². The van der Waals surface area contributed by atoms with Crippen molar-refractivity contribution in [2.45, 2.75) is 39.2 Å². The van der Waals surface area contributed by atoms with E-state index in [4.69, 9.17) is 25.6 Å². The third kappa shape index (κ3) is 7.38. The van der Waals surface area contributed by atoms with Gasteiger partial charge < -0.3 is 19.3 Å². The molecule has 7 nitrogen and oxygen atoms in total. The van der Waals surface area contributed by atoms with E-state index in [2.05, 4.69) is 10.5 Å². The van der Waals surface area contributed by atoms with Crippen molar-refractivity contribution < 1.29 is 28.0 Å². The summed E-state index contributed by atoms with van der Waals surface area (Å²) < 4.78 is 29.9. The maximum atomic E-state index is 14.3. The summed E-state index contributed by atoms with van der Waals surface area (Å²) in [5, 5.41) is 7.27. The summed E-state index contributed by atoms with van der Waals surface area (Å²) in [6, 6.07) is 12.9. The molecule has 0 saturated heterocycles. The highest BCUT2D eigenvalue weighted by atomic mass is 35.5. The lowest BCUT2D eigenvalue weighted by atomic mass is 9.94. The molecule has 1 aromatic heterocycles. The lowest BCUT2D eigenvalue weighted by molar-refractivity contribution is -0.150. The van der Waals surface area contributed by atoms with Crippen LogP contribution in [0.5, 0.6) is 0 Å². The Morgan fingerprint density at radius 3 is 2.53 bits per heavy atom. The normalized spacial score (nSPS) is 12.7. The minimum absolute atomic E-state index is 0.100. The average Bonchev–Trinajstić information content (AvgIpc) is 3.35. The zero-order valence-corrected chi connectivity index (χ0v) is 21.3. The minimum Gasteiger partial charge on any atom is -0.466 e. The molecule has 192 valence electrons. The Kier molecular flexibility index (Phi) is 10.0. The average molecular weight is 517 g/mol. The largest absolute Gasteiger partial charge is 0.466 e. The molecule has 3 rings (SSSR count). The zero-order chi connectivity index (χ0) is 26.1. The van der Waals surface area contributed by atoms with Crippen LogP contribution in [0.1, 0.15) is 42.1 Å². The van der Waals surface area contributed by atoms with Crippen molar-refractivity contribution >= 4 is 23.5 Å². The van der Waals surface area contributed by atoms with Gasteiger partial charge in [0.25, 0.3) is 5.91 Å². The lowest BCUT2D eigenvalue weighted by Gasteiger charge is -2.23. The number of methoxy groups -OCH3 is 1. The second kappa shape index (κ2) is 13.2. The summed E-state index contributed by atoms with van der Waals surface area (Å²) in [5.74, 6) is -1.65. The number of amides is 1. The van der Waals surface area contributed by atoms with Gasteiger partial charge in [0, 0.05) is 29.8 Å². The lowest BCUT2D eigenvalue weighted by Crippen LogP contribution is -2.40. The third-order valence-electron chi connectivity index (χ3n) is 5.71. The van der Waals surface area contributed by atoms with Crippen LogP contribution in [-0.2, 0) is 27.1 Å². The van der Waals surface area contributed by atoms with Crippen molar-refractivity contribution in [2.24, 2.45) is 5.92 Å². The van der Waals surface area contributed by atoms with Crippen LogP contribution in [-0.4, -0.2) is 43.4 Å². The van der Waals surface area contributed by atoms with Crippen molar-refractivity contribution in [3.63, 3.8) is 0 Å². The van der Waals surface area contributed by atoms with E-state index in [9.17, 15) is 14.0 Å². The van der Waals surface area contributed by atoms with Gasteiger partial charge >= 0.3 is 5.97 Å². The molecule has 0 spiro atoms. The molecule has 1 heterocycles. The molecular weight excluding hydrogens is 487 g/mol. The van der Waals surface area contributed by atoms with Gasteiger partial charge in [0.1, 0.15) is 5.82 Å². The maximum absolute atomic E-state index is 14.3. The van der Waals surface area contributed by atoms with Gasteiger partial charge in [0.15, 0.2) is 0 Å². The topological polar surface area (TPSA) is 90.7 Å². The van der Waals surface area contributed by atoms with E-state index in [-0.39, 0.29) is 31.2 Å². The number of nitrogens with zero attached hydrogens (tertiary/aromatic N) is 1. The molecule has 1 N–H and O–H groups in total. The Morgan fingerprint density at radius 1 is 1.14 bits per heavy atom. The van der Waals surface area contributed by atoms with Crippen molar-refractivity contribution in [2.75, 3.05) is 20.3 Å². The number of aromatic nitrogens is 1. The first-order chi connectivity index (χ1) is 17.3. The molecule has 0 aliphatic rings. The van der Waals surface area contributed by atoms with Crippen LogP contribution in [0.25, 0.3) is 11.1 Å². The molecule has 0 aliphatic heterocycles. The van der Waals surface area contributed by atoms with Crippen LogP contribution in [0.15, 0.2) is 53.1 Å². The van der Waals surface area contributed by atoms with E-state index in [0.29, 0.717) is 34.7 Å². The second-order valence-corrected chi connectivity index (χ2v) is 8.81. The van der Waals surface area contributed by atoms with E-state index in [1.54, 1.807) is 31.2 Å². The highest BCUT2D eigenvalue weighted by Gasteiger charge is 2.27. The number of hydrogen-bond acceptors (Lipinski definition) is 6. The molecule has 3 aromatic rings. The Bertz CT molecular complexity index is 1170. The molecule has 0 fully saturated rings. The zero-order valence-electron chi connectivity index (χ0n) is 20.6. The summed E-state index contributed by atoms with van der Waals surface area (Å²) in [5.41, 5.74) is 2.64. The molecule has 0 saturated carbocycles. The van der Waals surface area contributed by atoms with Gasteiger partial charge in [-0.1, -0.05) is 47.9 Å². The van der Waals surface area contributed by atoms with Gasteiger partial charge in [-0.25, -0.2) is 4.39 Å². The number of ether oxygens (including phenoxy) is 2. The summed E-state index contributed by atoms with van der Waals surface area (Å²) in [6.07, 6.45) is 1.34. The number of nitrogens with one attached hydrogen (secondary N) is 1. The Balaban J connectivity index is 1.81. The quantitative estimate of drug-likeness (QED) is 0.330. The number of aryl methyl sites for hydroxylation is 1. The standard InChI is InChI=1S/C27H30ClFN2O5/c1-4-21-15-25(36-31-21)26(32)30-22(13-19(16-34-3)27(33)35-5-2)12-17-6-8-18(9-7-17)23-14-20(28)10-11-24(23)29/h6-11,14-15,19,22H,4-5,12-13,16H2,1-3H3,(H,30,32)/t19-,22+/m0/s1. The first-order valence-electron chi connectivity index (χ1n) is 11.8. The summed E-state index contributed by atoms with van der Waals surface area (Å²) in [6.45, 7) is 4.05. The number of halogens is 2. The molecule has 2 aromatic carbocycles. The predicted molar refractivity (Wildman–Crippen MR) is 134 cm³/mol. The van der Waals surface area contributed by atoms with Crippen molar-refractivity contribution in [1.82, 2.24) is 10.5 Å². The third-order valence-corrected chi connectivity index (χ3v) is 5.95. The molecule has 0 bridgehead atoms. The Hall–Kier alpha value is -3.23. The van der Waals surface area contributed by atoms with Crippen LogP contribution in [0.3, 0.4) is 0 Å². The monoisotopic (exact) mass is 516 g/mol. The first-order valence-corrected chi connectivity index (χ1v) is 12.2. The maximum Gasteiger partial charge on any atom is 0.311 e. The van der Waals surface area contributed by atoms with E-state index in [1.807, 2.05) is 19.1 Å². The molecule has 2 atom stereocenters. The summed E-state index contributed by atoms with van der Waals surface area (Å²) in [7, 11) is 1.51. The van der Waals surface area contributed by atoms with Gasteiger partial charge in [-0.15, -0.1) is 0 Å². The molecule has 0 unspecified atom stereocenters. The van der Waals surface area contributed by atoms with Crippen molar-refractivity contribution in [1.29, 1.82) is 0 Å². The fourth-order valence-electron chi connectivity index (χ4n) is 3.90. The number of carbonyl (C=O) groups is 2. The van der Waals surface area contributed by atoms with Gasteiger partial charge in [0.05, 0.1) is 24.8 Å². The molecule has 1 amide bonds. The smallest absolute Gasteiger partial charge is 0.311 e. The second-order valence-electron chi connectivity index (χ2n) is 8.37. The fraction of sp³-hybridized carbons (Fsp3) is 0.370. The number of rotatable bonds is 12. The summed E-state index contributed by atoms with van der Waals surface area (Å²) >= 11 is 6.03. The van der Waals surface area contributed by atoms with E-state index >= 15 is 0 Å². The minimum atomic E-state index is -0.569. The van der Waals surface area contributed by atoms with Crippen LogP contribution >= 0.6 is 11.6 Å². The van der Waals surface area contributed by atoms with Crippen molar-refractivity contribution in [3.05, 3.63) is 76.4 Å². The number of benzene rings is 2. The van der Waals surface area contributed by atoms with Crippen LogP contribution < -0.4 is 5.32 Å². The highest BCUT2D eigenvalue weighted by molar-refractivity contribution is 6.30. The SMILES string of the molecule is CCOC(=O)[C@H](COC)C[C@@H](Cc1ccc(-c2cc(Cl)ccc2F)cc1)NC(=O)c1cc(CC)no1. The van der Waals surface area contributed by atoms with Gasteiger partial charge in [0.2, 0.25) is 5.76 Å². The first kappa shape index (κ1) is 27.4. The molecular formula is C27H30ClFN2O5. The Labute approximate surface area is 214 Å². The predicted octanol–water partition coefficient (Wildman–Crippen LogP) is 5.25. The van der Waals surface area contributed by atoms with E-state index < -0.39 is 23.8 Å². The fourth-order valence-corrected chi connectivity index (χ4v) is 4.07. The molecule has 0 radical (unpaired) electrons. The number of hydrogen-bond donors (Lipinski definition) is 1. The number of carbonyl (C=O) groups excluding carboxylic acids is 2. The van der Waals surface area contributed by atoms with Crippen molar-refractivity contribution in [3.8, 4) is 11.1 Å². The van der Waals surface area contributed by atoms with Crippen LogP contribution in [0, 0.1) is 11.7 Å². The molecule has 0 aliphatic carbocycles. The van der Waals surface area contributed by atoms with Crippen LogP contribution in [0.2, 0.25) is 5.02 Å². The van der Waals surface area contributed by atoms with E-state index in [1.165, 1.54) is 19.2 Å². The molecule has 36 heavy (non-hydrogen) atoms. The number of esters is 1. The van der Waals surface area contributed by atoms with E-state index in [0.717, 1.165) is 5.56 Å². The van der Waals surface area contributed by atoms with Gasteiger partial charge in [-0.05, 0) is 55.5 Å². The highest BCUT2D eigenvalue weighted by Crippen LogP contribution is 2.27. The van der Waals surface area contributed by atoms with Gasteiger partial charge in [-0.2, -0.15) is 0 Å². The van der Waals surface area contributed by atoms with Gasteiger partial charge in [-0.3, -0.25) is 9.59 Å². The molecule has 9 heteroatoms. The Morgan fingerprint density at radius 2 is 1.89 bits per heavy atom.